The van der Waals surface area contributed by atoms with Crippen LogP contribution in [-0.2, 0) is 4.74 Å². The van der Waals surface area contributed by atoms with Crippen LogP contribution in [0.5, 0.6) is 0 Å². The number of carbonyl (C=O) groups is 2. The molecule has 0 aliphatic carbocycles. The van der Waals surface area contributed by atoms with Gasteiger partial charge in [0, 0.05) is 11.6 Å². The van der Waals surface area contributed by atoms with Crippen molar-refractivity contribution < 1.29 is 18.7 Å². The van der Waals surface area contributed by atoms with Gasteiger partial charge in [-0.1, -0.05) is 17.4 Å². The number of benzene rings is 1. The molecule has 1 aromatic carbocycles. The summed E-state index contributed by atoms with van der Waals surface area (Å²) in [6.07, 6.45) is 1.14. The highest BCUT2D eigenvalue weighted by molar-refractivity contribution is 7.17. The zero-order valence-corrected chi connectivity index (χ0v) is 14.0. The second kappa shape index (κ2) is 6.44. The van der Waals surface area contributed by atoms with E-state index in [0.29, 0.717) is 5.69 Å². The van der Waals surface area contributed by atoms with Gasteiger partial charge in [-0.05, 0) is 19.1 Å². The molecule has 0 saturated carbocycles. The van der Waals surface area contributed by atoms with E-state index in [-0.39, 0.29) is 26.5 Å². The molecule has 9 heteroatoms. The molecule has 0 saturated heterocycles. The van der Waals surface area contributed by atoms with Gasteiger partial charge in [0.05, 0.1) is 18.3 Å². The number of aromatic amines is 1. The number of anilines is 1. The number of hydrogen-bond acceptors (Lipinski definition) is 6. The van der Waals surface area contributed by atoms with Crippen molar-refractivity contribution in [3.05, 3.63) is 56.6 Å². The Bertz CT molecular complexity index is 1060. The lowest BCUT2D eigenvalue weighted by Crippen LogP contribution is -2.22. The van der Waals surface area contributed by atoms with Crippen LogP contribution in [0.1, 0.15) is 25.7 Å². The Morgan fingerprint density at radius 1 is 1.36 bits per heavy atom. The molecule has 0 radical (unpaired) electrons. The summed E-state index contributed by atoms with van der Waals surface area (Å²) in [4.78, 5) is 43.3. The number of carbonyl (C=O) groups excluding carboxylic acids is 2. The summed E-state index contributed by atoms with van der Waals surface area (Å²) < 4.78 is 18.3. The van der Waals surface area contributed by atoms with Crippen molar-refractivity contribution in [3.63, 3.8) is 0 Å². The molecule has 7 nitrogen and oxygen atoms in total. The molecule has 0 aliphatic heterocycles. The fraction of sp³-hybridized carbons (Fsp3) is 0.125. The minimum absolute atomic E-state index is 0.0297. The number of halogens is 1. The molecular formula is C16H12FN3O4S. The molecule has 2 heterocycles. The molecule has 0 aliphatic rings. The largest absolute Gasteiger partial charge is 0.465 e. The Morgan fingerprint density at radius 3 is 2.84 bits per heavy atom. The molecule has 2 aromatic heterocycles. The van der Waals surface area contributed by atoms with E-state index >= 15 is 0 Å². The predicted molar refractivity (Wildman–Crippen MR) is 90.7 cm³/mol. The fourth-order valence-corrected chi connectivity index (χ4v) is 3.16. The third kappa shape index (κ3) is 3.01. The third-order valence-electron chi connectivity index (χ3n) is 3.50. The number of H-pyrrole nitrogens is 1. The number of aromatic nitrogens is 2. The topological polar surface area (TPSA) is 101 Å². The fourth-order valence-electron chi connectivity index (χ4n) is 2.28. The number of rotatable bonds is 3. The second-order valence-electron chi connectivity index (χ2n) is 5.07. The van der Waals surface area contributed by atoms with Gasteiger partial charge in [-0.2, -0.15) is 0 Å². The molecule has 128 valence electrons. The van der Waals surface area contributed by atoms with Crippen LogP contribution >= 0.6 is 11.3 Å². The van der Waals surface area contributed by atoms with Crippen LogP contribution in [0.2, 0.25) is 0 Å². The van der Waals surface area contributed by atoms with Crippen LogP contribution < -0.4 is 10.7 Å². The number of hydrogen-bond donors (Lipinski definition) is 2. The maximum absolute atomic E-state index is 13.7. The molecular weight excluding hydrogens is 349 g/mol. The van der Waals surface area contributed by atoms with Gasteiger partial charge in [-0.15, -0.1) is 0 Å². The summed E-state index contributed by atoms with van der Waals surface area (Å²) in [5, 5.41) is 2.69. The summed E-state index contributed by atoms with van der Waals surface area (Å²) in [6, 6.07) is 4.03. The van der Waals surface area contributed by atoms with Crippen LogP contribution in [0.3, 0.4) is 0 Å². The summed E-state index contributed by atoms with van der Waals surface area (Å²) in [5.41, 5.74) is -0.360. The highest BCUT2D eigenvalue weighted by Crippen LogP contribution is 2.23. The summed E-state index contributed by atoms with van der Waals surface area (Å²) >= 11 is 0.937. The number of nitrogens with one attached hydrogen (secondary N) is 2. The zero-order chi connectivity index (χ0) is 18.1. The SMILES string of the molecule is COC(=O)c1sc(NC(=O)c2c[nH]c3c(F)cccc3c2=O)nc1C. The van der Waals surface area contributed by atoms with Gasteiger partial charge in [0.1, 0.15) is 16.3 Å². The Labute approximate surface area is 144 Å². The van der Waals surface area contributed by atoms with Crippen LogP contribution in [0.15, 0.2) is 29.2 Å². The van der Waals surface area contributed by atoms with Crippen molar-refractivity contribution in [3.8, 4) is 0 Å². The molecule has 25 heavy (non-hydrogen) atoms. The van der Waals surface area contributed by atoms with Gasteiger partial charge < -0.3 is 9.72 Å². The molecule has 0 spiro atoms. The van der Waals surface area contributed by atoms with E-state index in [4.69, 9.17) is 0 Å². The summed E-state index contributed by atoms with van der Waals surface area (Å²) in [5.74, 6) is -1.85. The maximum atomic E-state index is 13.7. The molecule has 3 rings (SSSR count). The van der Waals surface area contributed by atoms with Gasteiger partial charge >= 0.3 is 5.97 Å². The molecule has 1 amide bonds. The van der Waals surface area contributed by atoms with Gasteiger partial charge in [0.15, 0.2) is 5.13 Å². The van der Waals surface area contributed by atoms with Crippen molar-refractivity contribution in [2.45, 2.75) is 6.92 Å². The molecule has 3 aromatic rings. The molecule has 0 bridgehead atoms. The lowest BCUT2D eigenvalue weighted by molar-refractivity contribution is 0.0605. The number of thiazole rings is 1. The number of amides is 1. The van der Waals surface area contributed by atoms with Gasteiger partial charge in [0.25, 0.3) is 5.91 Å². The van der Waals surface area contributed by atoms with Crippen LogP contribution in [0, 0.1) is 12.7 Å². The lowest BCUT2D eigenvalue weighted by atomic mass is 10.1. The van der Waals surface area contributed by atoms with Crippen LogP contribution in [0.25, 0.3) is 10.9 Å². The van der Waals surface area contributed by atoms with Gasteiger partial charge in [0.2, 0.25) is 5.43 Å². The highest BCUT2D eigenvalue weighted by atomic mass is 32.1. The summed E-state index contributed by atoms with van der Waals surface area (Å²) in [6.45, 7) is 1.60. The number of para-hydroxylation sites is 1. The van der Waals surface area contributed by atoms with Crippen molar-refractivity contribution in [2.24, 2.45) is 0 Å². The van der Waals surface area contributed by atoms with E-state index in [1.54, 1.807) is 6.92 Å². The molecule has 2 N–H and O–H groups in total. The number of pyridine rings is 1. The number of fused-ring (bicyclic) bond motifs is 1. The van der Waals surface area contributed by atoms with Crippen molar-refractivity contribution in [1.29, 1.82) is 0 Å². The standard InChI is InChI=1S/C16H12FN3O4S/c1-7-13(15(23)24-2)25-16(19-7)20-14(22)9-6-18-11-8(12(9)21)4-3-5-10(11)17/h3-6H,1-2H3,(H,18,21)(H,19,20,22). The molecule has 0 unspecified atom stereocenters. The van der Waals surface area contributed by atoms with Gasteiger partial charge in [-0.25, -0.2) is 14.2 Å². The number of esters is 1. The quantitative estimate of drug-likeness (QED) is 0.698. The molecule has 0 fully saturated rings. The van der Waals surface area contributed by atoms with E-state index in [9.17, 15) is 18.8 Å². The Morgan fingerprint density at radius 2 is 2.12 bits per heavy atom. The van der Waals surface area contributed by atoms with Crippen molar-refractivity contribution in [2.75, 3.05) is 12.4 Å². The molecule has 0 atom stereocenters. The number of aryl methyl sites for hydroxylation is 1. The first-order valence-electron chi connectivity index (χ1n) is 7.09. The van der Waals surface area contributed by atoms with E-state index in [0.717, 1.165) is 17.5 Å². The highest BCUT2D eigenvalue weighted by Gasteiger charge is 2.19. The first kappa shape index (κ1) is 16.8. The van der Waals surface area contributed by atoms with Crippen molar-refractivity contribution in [1.82, 2.24) is 9.97 Å². The van der Waals surface area contributed by atoms with E-state index in [1.807, 2.05) is 0 Å². The van der Waals surface area contributed by atoms with E-state index in [1.165, 1.54) is 25.3 Å². The Hall–Kier alpha value is -3.07. The predicted octanol–water partition coefficient (Wildman–Crippen LogP) is 2.47. The van der Waals surface area contributed by atoms with Crippen molar-refractivity contribution >= 4 is 39.2 Å². The minimum Gasteiger partial charge on any atom is -0.465 e. The van der Waals surface area contributed by atoms with Crippen LogP contribution in [-0.4, -0.2) is 29.0 Å². The van der Waals surface area contributed by atoms with Crippen LogP contribution in [0.4, 0.5) is 9.52 Å². The second-order valence-corrected chi connectivity index (χ2v) is 6.07. The first-order chi connectivity index (χ1) is 11.9. The Balaban J connectivity index is 1.95. The monoisotopic (exact) mass is 361 g/mol. The zero-order valence-electron chi connectivity index (χ0n) is 13.2. The number of nitrogens with zero attached hydrogens (tertiary/aromatic N) is 1. The first-order valence-corrected chi connectivity index (χ1v) is 7.91. The maximum Gasteiger partial charge on any atom is 0.350 e. The van der Waals surface area contributed by atoms with Gasteiger partial charge in [-0.3, -0.25) is 14.9 Å². The van der Waals surface area contributed by atoms with E-state index in [2.05, 4.69) is 20.0 Å². The minimum atomic E-state index is -0.711. The average molecular weight is 361 g/mol. The third-order valence-corrected chi connectivity index (χ3v) is 4.55. The Kier molecular flexibility index (Phi) is 4.32. The van der Waals surface area contributed by atoms with E-state index < -0.39 is 23.1 Å². The number of ether oxygens (including phenoxy) is 1. The normalized spacial score (nSPS) is 10.7. The smallest absolute Gasteiger partial charge is 0.350 e. The average Bonchev–Trinajstić information content (AvgIpc) is 2.95. The lowest BCUT2D eigenvalue weighted by Gasteiger charge is -2.04. The summed E-state index contributed by atoms with van der Waals surface area (Å²) in [7, 11) is 1.24. The number of methoxy groups -OCH3 is 1.